The van der Waals surface area contributed by atoms with Gasteiger partial charge in [-0.3, -0.25) is 0 Å². The molecule has 0 spiro atoms. The Kier molecular flexibility index (Phi) is 5.14. The molecule has 3 heteroatoms. The van der Waals surface area contributed by atoms with Gasteiger partial charge in [0.25, 0.3) is 0 Å². The maximum absolute atomic E-state index is 3.81. The SMILES string of the molecule is CCC1CNC(CC)(CC)CN1c1ccc(C)c(Br)c1. The summed E-state index contributed by atoms with van der Waals surface area (Å²) in [6, 6.07) is 7.35. The molecule has 1 fully saturated rings. The van der Waals surface area contributed by atoms with Gasteiger partial charge in [-0.1, -0.05) is 42.8 Å². The number of nitrogens with zero attached hydrogens (tertiary/aromatic N) is 1. The minimum atomic E-state index is 0.267. The number of nitrogens with one attached hydrogen (secondary N) is 1. The Morgan fingerprint density at radius 2 is 2.00 bits per heavy atom. The Balaban J connectivity index is 2.31. The maximum atomic E-state index is 3.81. The second-order valence-electron chi connectivity index (χ2n) is 5.99. The van der Waals surface area contributed by atoms with E-state index in [4.69, 9.17) is 0 Å². The smallest absolute Gasteiger partial charge is 0.0412 e. The molecule has 1 aromatic rings. The van der Waals surface area contributed by atoms with Crippen molar-refractivity contribution >= 4 is 21.6 Å². The van der Waals surface area contributed by atoms with Crippen molar-refractivity contribution in [3.05, 3.63) is 28.2 Å². The van der Waals surface area contributed by atoms with Crippen LogP contribution in [0.15, 0.2) is 22.7 Å². The molecule has 2 nitrogen and oxygen atoms in total. The molecule has 1 aliphatic heterocycles. The molecule has 1 heterocycles. The summed E-state index contributed by atoms with van der Waals surface area (Å²) in [5, 5.41) is 3.81. The lowest BCUT2D eigenvalue weighted by atomic mass is 9.87. The fourth-order valence-corrected chi connectivity index (χ4v) is 3.47. The molecule has 1 aliphatic rings. The van der Waals surface area contributed by atoms with Crippen molar-refractivity contribution in [2.24, 2.45) is 0 Å². The van der Waals surface area contributed by atoms with Crippen molar-refractivity contribution in [2.45, 2.75) is 58.5 Å². The predicted octanol–water partition coefficient (Wildman–Crippen LogP) is 4.50. The zero-order valence-corrected chi connectivity index (χ0v) is 14.8. The van der Waals surface area contributed by atoms with E-state index in [9.17, 15) is 0 Å². The predicted molar refractivity (Wildman–Crippen MR) is 91.6 cm³/mol. The first-order chi connectivity index (χ1) is 9.55. The number of rotatable bonds is 4. The summed E-state index contributed by atoms with van der Waals surface area (Å²) in [6.45, 7) is 11.2. The first kappa shape index (κ1) is 15.8. The molecule has 1 N–H and O–H groups in total. The number of benzene rings is 1. The molecule has 20 heavy (non-hydrogen) atoms. The van der Waals surface area contributed by atoms with Gasteiger partial charge >= 0.3 is 0 Å². The van der Waals surface area contributed by atoms with E-state index in [-0.39, 0.29) is 5.54 Å². The van der Waals surface area contributed by atoms with Crippen molar-refractivity contribution in [3.8, 4) is 0 Å². The molecule has 0 aliphatic carbocycles. The Morgan fingerprint density at radius 3 is 2.55 bits per heavy atom. The van der Waals surface area contributed by atoms with Gasteiger partial charge in [0.05, 0.1) is 0 Å². The minimum absolute atomic E-state index is 0.267. The zero-order chi connectivity index (χ0) is 14.8. The molecule has 0 aromatic heterocycles. The van der Waals surface area contributed by atoms with Crippen LogP contribution in [0.25, 0.3) is 0 Å². The molecule has 2 rings (SSSR count). The van der Waals surface area contributed by atoms with Crippen LogP contribution in [0.2, 0.25) is 0 Å². The van der Waals surface area contributed by atoms with E-state index in [1.54, 1.807) is 0 Å². The van der Waals surface area contributed by atoms with Gasteiger partial charge < -0.3 is 10.2 Å². The van der Waals surface area contributed by atoms with Crippen LogP contribution in [-0.4, -0.2) is 24.7 Å². The average molecular weight is 339 g/mol. The van der Waals surface area contributed by atoms with Crippen LogP contribution in [0, 0.1) is 6.92 Å². The fraction of sp³-hybridized carbons (Fsp3) is 0.647. The number of hydrogen-bond donors (Lipinski definition) is 1. The van der Waals surface area contributed by atoms with E-state index < -0.39 is 0 Å². The summed E-state index contributed by atoms with van der Waals surface area (Å²) in [4.78, 5) is 2.60. The summed E-state index contributed by atoms with van der Waals surface area (Å²) in [5.74, 6) is 0. The number of hydrogen-bond acceptors (Lipinski definition) is 2. The van der Waals surface area contributed by atoms with E-state index in [1.165, 1.54) is 35.0 Å². The largest absolute Gasteiger partial charge is 0.365 e. The minimum Gasteiger partial charge on any atom is -0.365 e. The first-order valence-corrected chi connectivity index (χ1v) is 8.62. The van der Waals surface area contributed by atoms with Crippen molar-refractivity contribution in [2.75, 3.05) is 18.0 Å². The summed E-state index contributed by atoms with van der Waals surface area (Å²) in [7, 11) is 0. The van der Waals surface area contributed by atoms with Crippen molar-refractivity contribution in [1.82, 2.24) is 5.32 Å². The molecule has 1 unspecified atom stereocenters. The molecular formula is C17H27BrN2. The highest BCUT2D eigenvalue weighted by Crippen LogP contribution is 2.31. The van der Waals surface area contributed by atoms with Gasteiger partial charge in [0.15, 0.2) is 0 Å². The zero-order valence-electron chi connectivity index (χ0n) is 13.2. The quantitative estimate of drug-likeness (QED) is 0.869. The van der Waals surface area contributed by atoms with Gasteiger partial charge in [-0.25, -0.2) is 0 Å². The Bertz CT molecular complexity index is 454. The van der Waals surface area contributed by atoms with E-state index >= 15 is 0 Å². The summed E-state index contributed by atoms with van der Waals surface area (Å²) < 4.78 is 1.21. The van der Waals surface area contributed by atoms with Crippen LogP contribution in [0.4, 0.5) is 5.69 Å². The highest BCUT2D eigenvalue weighted by Gasteiger charge is 2.36. The lowest BCUT2D eigenvalue weighted by molar-refractivity contribution is 0.246. The topological polar surface area (TPSA) is 15.3 Å². The molecule has 0 bridgehead atoms. The highest BCUT2D eigenvalue weighted by atomic mass is 79.9. The van der Waals surface area contributed by atoms with E-state index in [1.807, 2.05) is 0 Å². The van der Waals surface area contributed by atoms with Crippen LogP contribution in [0.3, 0.4) is 0 Å². The van der Waals surface area contributed by atoms with Gasteiger partial charge in [0.1, 0.15) is 0 Å². The highest BCUT2D eigenvalue weighted by molar-refractivity contribution is 9.10. The first-order valence-electron chi connectivity index (χ1n) is 7.83. The van der Waals surface area contributed by atoms with Crippen LogP contribution < -0.4 is 10.2 Å². The number of anilines is 1. The Morgan fingerprint density at radius 1 is 1.30 bits per heavy atom. The summed E-state index contributed by atoms with van der Waals surface area (Å²) >= 11 is 3.67. The molecule has 0 saturated carbocycles. The average Bonchev–Trinajstić information content (AvgIpc) is 2.49. The van der Waals surface area contributed by atoms with Gasteiger partial charge in [-0.15, -0.1) is 0 Å². The third-order valence-corrected chi connectivity index (χ3v) is 5.79. The second kappa shape index (κ2) is 6.48. The monoisotopic (exact) mass is 338 g/mol. The van der Waals surface area contributed by atoms with Gasteiger partial charge in [0, 0.05) is 34.8 Å². The van der Waals surface area contributed by atoms with Gasteiger partial charge in [0.2, 0.25) is 0 Å². The standard InChI is InChI=1S/C17H27BrN2/c1-5-14-11-19-17(6-2,7-3)12-20(14)15-9-8-13(4)16(18)10-15/h8-10,14,19H,5-7,11-12H2,1-4H3. The van der Waals surface area contributed by atoms with E-state index in [2.05, 4.69) is 72.0 Å². The third kappa shape index (κ3) is 3.04. The lowest BCUT2D eigenvalue weighted by Gasteiger charge is -2.48. The van der Waals surface area contributed by atoms with Crippen LogP contribution in [0.5, 0.6) is 0 Å². The molecule has 1 aromatic carbocycles. The van der Waals surface area contributed by atoms with Gasteiger partial charge in [-0.05, 0) is 43.9 Å². The molecule has 1 atom stereocenters. The molecular weight excluding hydrogens is 312 g/mol. The van der Waals surface area contributed by atoms with E-state index in [0.29, 0.717) is 6.04 Å². The van der Waals surface area contributed by atoms with Crippen molar-refractivity contribution in [1.29, 1.82) is 0 Å². The van der Waals surface area contributed by atoms with Gasteiger partial charge in [-0.2, -0.15) is 0 Å². The molecule has 112 valence electrons. The number of piperazine rings is 1. The number of halogens is 1. The van der Waals surface area contributed by atoms with Crippen molar-refractivity contribution in [3.63, 3.8) is 0 Å². The Hall–Kier alpha value is -0.540. The normalized spacial score (nSPS) is 22.1. The lowest BCUT2D eigenvalue weighted by Crippen LogP contribution is -2.64. The van der Waals surface area contributed by atoms with Crippen LogP contribution in [-0.2, 0) is 0 Å². The molecule has 0 radical (unpaired) electrons. The summed E-state index contributed by atoms with van der Waals surface area (Å²) in [6.07, 6.45) is 3.55. The molecule has 0 amide bonds. The molecule has 1 saturated heterocycles. The number of aryl methyl sites for hydroxylation is 1. The summed E-state index contributed by atoms with van der Waals surface area (Å²) in [5.41, 5.74) is 2.92. The fourth-order valence-electron chi connectivity index (χ4n) is 3.11. The maximum Gasteiger partial charge on any atom is 0.0412 e. The third-order valence-electron chi connectivity index (χ3n) is 4.94. The Labute approximate surface area is 132 Å². The van der Waals surface area contributed by atoms with Crippen LogP contribution >= 0.6 is 15.9 Å². The van der Waals surface area contributed by atoms with Crippen LogP contribution in [0.1, 0.15) is 45.6 Å². The van der Waals surface area contributed by atoms with E-state index in [0.717, 1.165) is 13.1 Å². The van der Waals surface area contributed by atoms with Crippen molar-refractivity contribution < 1.29 is 0 Å². The second-order valence-corrected chi connectivity index (χ2v) is 6.85.